The molecule has 3 aliphatic rings. The minimum Gasteiger partial charge on any atom is -0.475 e. The average Bonchev–Trinajstić information content (AvgIpc) is 3.44. The Morgan fingerprint density at radius 3 is 2.39 bits per heavy atom. The first kappa shape index (κ1) is 23.5. The van der Waals surface area contributed by atoms with Crippen LogP contribution in [0.2, 0.25) is 0 Å². The van der Waals surface area contributed by atoms with Crippen molar-refractivity contribution >= 4 is 11.9 Å². The number of ether oxygens (including phenoxy) is 1. The molecule has 1 saturated heterocycles. The lowest BCUT2D eigenvalue weighted by atomic mass is 10.1. The number of carbonyl (C=O) groups is 2. The minimum atomic E-state index is -5.08. The van der Waals surface area contributed by atoms with Crippen molar-refractivity contribution in [3.63, 3.8) is 0 Å². The van der Waals surface area contributed by atoms with Gasteiger partial charge >= 0.3 is 12.1 Å². The molecule has 1 amide bonds. The van der Waals surface area contributed by atoms with E-state index in [0.29, 0.717) is 18.6 Å². The Labute approximate surface area is 177 Å². The Morgan fingerprint density at radius 2 is 1.81 bits per heavy atom. The van der Waals surface area contributed by atoms with Crippen LogP contribution >= 0.6 is 0 Å². The number of alkyl halides is 3. The van der Waals surface area contributed by atoms with E-state index < -0.39 is 12.1 Å². The highest BCUT2D eigenvalue weighted by Gasteiger charge is 2.43. The van der Waals surface area contributed by atoms with E-state index in [1.807, 2.05) is 12.1 Å². The maximum Gasteiger partial charge on any atom is 0.490 e. The van der Waals surface area contributed by atoms with E-state index in [1.54, 1.807) is 0 Å². The van der Waals surface area contributed by atoms with Crippen LogP contribution in [-0.2, 0) is 20.9 Å². The van der Waals surface area contributed by atoms with E-state index in [0.717, 1.165) is 38.0 Å². The molecule has 31 heavy (non-hydrogen) atoms. The van der Waals surface area contributed by atoms with Gasteiger partial charge in [-0.05, 0) is 49.3 Å². The van der Waals surface area contributed by atoms with Crippen LogP contribution in [0.15, 0.2) is 24.3 Å². The van der Waals surface area contributed by atoms with Crippen LogP contribution in [0.1, 0.15) is 31.2 Å². The molecule has 0 bridgehead atoms. The fourth-order valence-corrected chi connectivity index (χ4v) is 3.97. The molecule has 10 heteroatoms. The third-order valence-electron chi connectivity index (χ3n) is 5.83. The fourth-order valence-electron chi connectivity index (χ4n) is 3.97. The third-order valence-corrected chi connectivity index (χ3v) is 5.83. The number of rotatable bonds is 5. The van der Waals surface area contributed by atoms with E-state index in [2.05, 4.69) is 10.2 Å². The van der Waals surface area contributed by atoms with E-state index in [9.17, 15) is 22.4 Å². The number of fused-ring (bicyclic) bond motifs is 1. The van der Waals surface area contributed by atoms with Crippen molar-refractivity contribution in [3.8, 4) is 0 Å². The molecule has 2 saturated carbocycles. The molecule has 6 nitrogen and oxygen atoms in total. The summed E-state index contributed by atoms with van der Waals surface area (Å²) < 4.78 is 50.7. The van der Waals surface area contributed by atoms with Crippen LogP contribution in [0.5, 0.6) is 0 Å². The number of benzene rings is 1. The first-order valence-corrected chi connectivity index (χ1v) is 10.3. The van der Waals surface area contributed by atoms with Crippen molar-refractivity contribution in [2.45, 2.75) is 50.6 Å². The van der Waals surface area contributed by atoms with Crippen molar-refractivity contribution in [2.75, 3.05) is 19.7 Å². The molecule has 0 spiro atoms. The van der Waals surface area contributed by atoms with Gasteiger partial charge in [0.2, 0.25) is 5.91 Å². The number of hydrogen-bond donors (Lipinski definition) is 2. The second-order valence-corrected chi connectivity index (χ2v) is 8.23. The summed E-state index contributed by atoms with van der Waals surface area (Å²) in [6.45, 7) is 3.21. The Kier molecular flexibility index (Phi) is 7.53. The van der Waals surface area contributed by atoms with Gasteiger partial charge in [-0.15, -0.1) is 0 Å². The van der Waals surface area contributed by atoms with Gasteiger partial charge in [-0.1, -0.05) is 12.1 Å². The number of morpholine rings is 1. The second-order valence-electron chi connectivity index (χ2n) is 8.23. The monoisotopic (exact) mass is 446 g/mol. The maximum atomic E-state index is 13.1. The van der Waals surface area contributed by atoms with Gasteiger partial charge < -0.3 is 15.2 Å². The van der Waals surface area contributed by atoms with Gasteiger partial charge in [0, 0.05) is 31.6 Å². The molecule has 0 radical (unpaired) electrons. The van der Waals surface area contributed by atoms with Crippen molar-refractivity contribution in [1.82, 2.24) is 10.2 Å². The van der Waals surface area contributed by atoms with Gasteiger partial charge in [-0.25, -0.2) is 9.18 Å². The number of amides is 1. The summed E-state index contributed by atoms with van der Waals surface area (Å²) in [5.41, 5.74) is 1.11. The van der Waals surface area contributed by atoms with Crippen molar-refractivity contribution in [1.29, 1.82) is 0 Å². The first-order chi connectivity index (χ1) is 14.6. The van der Waals surface area contributed by atoms with Gasteiger partial charge in [0.05, 0.1) is 12.7 Å². The molecular weight excluding hydrogens is 420 g/mol. The number of nitrogens with one attached hydrogen (secondary N) is 1. The second kappa shape index (κ2) is 9.95. The molecule has 3 atom stereocenters. The predicted octanol–water partition coefficient (Wildman–Crippen LogP) is 2.96. The van der Waals surface area contributed by atoms with Gasteiger partial charge in [0.1, 0.15) is 5.82 Å². The number of carboxylic acids is 1. The quantitative estimate of drug-likeness (QED) is 0.680. The lowest BCUT2D eigenvalue weighted by molar-refractivity contribution is -0.192. The van der Waals surface area contributed by atoms with Crippen molar-refractivity contribution in [3.05, 3.63) is 35.6 Å². The van der Waals surface area contributed by atoms with Crippen LogP contribution < -0.4 is 5.32 Å². The van der Waals surface area contributed by atoms with Crippen LogP contribution in [0.25, 0.3) is 0 Å². The summed E-state index contributed by atoms with van der Waals surface area (Å²) in [4.78, 5) is 23.7. The van der Waals surface area contributed by atoms with Crippen LogP contribution in [0.4, 0.5) is 17.6 Å². The molecule has 1 heterocycles. The van der Waals surface area contributed by atoms with Gasteiger partial charge in [-0.3, -0.25) is 9.69 Å². The highest BCUT2D eigenvalue weighted by molar-refractivity contribution is 5.79. The molecule has 1 aliphatic heterocycles. The van der Waals surface area contributed by atoms with Crippen LogP contribution in [0.3, 0.4) is 0 Å². The normalized spacial score (nSPS) is 25.9. The predicted molar refractivity (Wildman–Crippen MR) is 102 cm³/mol. The highest BCUT2D eigenvalue weighted by Crippen LogP contribution is 2.35. The summed E-state index contributed by atoms with van der Waals surface area (Å²) in [5, 5.41) is 10.2. The molecular formula is C21H26F4N2O4. The smallest absolute Gasteiger partial charge is 0.475 e. The molecule has 2 N–H and O–H groups in total. The lowest BCUT2D eigenvalue weighted by Crippen LogP contribution is -2.47. The maximum absolute atomic E-state index is 13.1. The zero-order chi connectivity index (χ0) is 22.6. The van der Waals surface area contributed by atoms with Crippen molar-refractivity contribution < 1.29 is 37.0 Å². The summed E-state index contributed by atoms with van der Waals surface area (Å²) in [7, 11) is 0. The number of carboxylic acid groups (broad SMARTS) is 1. The Morgan fingerprint density at radius 1 is 1.16 bits per heavy atom. The van der Waals surface area contributed by atoms with E-state index in [1.165, 1.54) is 25.0 Å². The number of carbonyl (C=O) groups excluding carboxylic acids is 1. The molecule has 2 aliphatic carbocycles. The number of hydrogen-bond acceptors (Lipinski definition) is 4. The molecule has 0 unspecified atom stereocenters. The topological polar surface area (TPSA) is 78.9 Å². The molecule has 172 valence electrons. The van der Waals surface area contributed by atoms with Gasteiger partial charge in [0.25, 0.3) is 0 Å². The minimum absolute atomic E-state index is 0.0626. The summed E-state index contributed by atoms with van der Waals surface area (Å²) >= 11 is 0. The van der Waals surface area contributed by atoms with E-state index >= 15 is 0 Å². The van der Waals surface area contributed by atoms with Crippen molar-refractivity contribution in [2.24, 2.45) is 11.8 Å². The third kappa shape index (κ3) is 6.90. The highest BCUT2D eigenvalue weighted by atomic mass is 19.4. The van der Waals surface area contributed by atoms with Crippen LogP contribution in [-0.4, -0.2) is 59.9 Å². The fraction of sp³-hybridized carbons (Fsp3) is 0.619. The number of aliphatic carboxylic acids is 1. The zero-order valence-corrected chi connectivity index (χ0v) is 16.9. The summed E-state index contributed by atoms with van der Waals surface area (Å²) in [5.74, 6) is -1.99. The summed E-state index contributed by atoms with van der Waals surface area (Å²) in [6, 6.07) is 7.00. The van der Waals surface area contributed by atoms with E-state index in [4.69, 9.17) is 14.6 Å². The van der Waals surface area contributed by atoms with Gasteiger partial charge in [0.15, 0.2) is 0 Å². The Hall–Kier alpha value is -2.20. The average molecular weight is 446 g/mol. The van der Waals surface area contributed by atoms with E-state index in [-0.39, 0.29) is 23.7 Å². The Bertz CT molecular complexity index is 768. The van der Waals surface area contributed by atoms with Crippen LogP contribution in [0, 0.1) is 17.7 Å². The molecule has 1 aromatic carbocycles. The lowest BCUT2D eigenvalue weighted by Gasteiger charge is -2.37. The molecule has 1 aromatic rings. The number of nitrogens with zero attached hydrogens (tertiary/aromatic N) is 1. The zero-order valence-electron chi connectivity index (χ0n) is 16.9. The van der Waals surface area contributed by atoms with Gasteiger partial charge in [-0.2, -0.15) is 13.2 Å². The SMILES string of the molecule is O=C(NCC1CC1)[C@H]1C[C@@H]2[C@@H](C1)OCCN2Cc1ccc(F)cc1.O=C(O)C(F)(F)F. The molecule has 4 rings (SSSR count). The molecule has 0 aromatic heterocycles. The number of halogens is 4. The standard InChI is InChI=1S/C19H25FN2O2.C2HF3O2/c20-16-5-3-14(4-6-16)12-22-7-8-24-18-10-15(9-17(18)22)19(23)21-11-13-1-2-13;3-2(4,5)1(6)7/h3-6,13,15,17-18H,1-2,7-12H2,(H,21,23);(H,6,7)/t15-,17+,18+;/m0./s1. The summed E-state index contributed by atoms with van der Waals surface area (Å²) in [6.07, 6.45) is -0.741. The largest absolute Gasteiger partial charge is 0.490 e. The molecule has 3 fully saturated rings. The first-order valence-electron chi connectivity index (χ1n) is 10.3. The Balaban J connectivity index is 0.000000339.